The molecule has 3 aromatic carbocycles. The lowest BCUT2D eigenvalue weighted by atomic mass is 10.0. The highest BCUT2D eigenvalue weighted by molar-refractivity contribution is 7.89. The SMILES string of the molecule is CNC(=O)[C@@H](Cc1ccccc1)N(Cc1ccc(F)cc1)C(=O)COc1ccc(S(=O)(=O)N2CCOCC2)cc1. The minimum Gasteiger partial charge on any atom is -0.484 e. The highest BCUT2D eigenvalue weighted by atomic mass is 32.2. The summed E-state index contributed by atoms with van der Waals surface area (Å²) in [5.41, 5.74) is 1.51. The van der Waals surface area contributed by atoms with Crippen LogP contribution >= 0.6 is 0 Å². The number of halogens is 1. The van der Waals surface area contributed by atoms with Gasteiger partial charge in [-0.05, 0) is 47.5 Å². The molecule has 1 saturated heterocycles. The predicted octanol–water partition coefficient (Wildman–Crippen LogP) is 2.61. The summed E-state index contributed by atoms with van der Waals surface area (Å²) in [5, 5.41) is 2.63. The van der Waals surface area contributed by atoms with E-state index in [1.54, 1.807) is 12.1 Å². The summed E-state index contributed by atoms with van der Waals surface area (Å²) in [7, 11) is -2.16. The molecule has 0 aliphatic carbocycles. The number of carbonyl (C=O) groups excluding carboxylic acids is 2. The first-order valence-electron chi connectivity index (χ1n) is 12.9. The van der Waals surface area contributed by atoms with Gasteiger partial charge in [-0.1, -0.05) is 42.5 Å². The number of amides is 2. The average Bonchev–Trinajstić information content (AvgIpc) is 2.99. The molecule has 1 heterocycles. The van der Waals surface area contributed by atoms with Gasteiger partial charge in [0.05, 0.1) is 18.1 Å². The van der Waals surface area contributed by atoms with Crippen LogP contribution in [0.25, 0.3) is 0 Å². The van der Waals surface area contributed by atoms with Crippen LogP contribution in [0.3, 0.4) is 0 Å². The second kappa shape index (κ2) is 13.5. The molecule has 1 N–H and O–H groups in total. The van der Waals surface area contributed by atoms with Crippen molar-refractivity contribution in [1.82, 2.24) is 14.5 Å². The van der Waals surface area contributed by atoms with E-state index in [0.29, 0.717) is 24.5 Å². The number of nitrogens with one attached hydrogen (secondary N) is 1. The quantitative estimate of drug-likeness (QED) is 0.381. The first-order valence-corrected chi connectivity index (χ1v) is 14.3. The molecular formula is C29H32FN3O6S. The highest BCUT2D eigenvalue weighted by Crippen LogP contribution is 2.21. The molecule has 0 saturated carbocycles. The van der Waals surface area contributed by atoms with Gasteiger partial charge in [-0.2, -0.15) is 4.31 Å². The Kier molecular flexibility index (Phi) is 9.86. The van der Waals surface area contributed by atoms with E-state index in [1.807, 2.05) is 30.3 Å². The highest BCUT2D eigenvalue weighted by Gasteiger charge is 2.30. The molecule has 1 atom stereocenters. The molecule has 0 radical (unpaired) electrons. The number of sulfonamides is 1. The second-order valence-electron chi connectivity index (χ2n) is 9.24. The van der Waals surface area contributed by atoms with Gasteiger partial charge in [0.2, 0.25) is 15.9 Å². The minimum absolute atomic E-state index is 0.0596. The third-order valence-electron chi connectivity index (χ3n) is 6.58. The lowest BCUT2D eigenvalue weighted by molar-refractivity contribution is -0.142. The number of benzene rings is 3. The molecule has 3 aromatic rings. The van der Waals surface area contributed by atoms with Crippen LogP contribution in [0.15, 0.2) is 83.8 Å². The minimum atomic E-state index is -3.66. The monoisotopic (exact) mass is 569 g/mol. The molecule has 2 amide bonds. The second-order valence-corrected chi connectivity index (χ2v) is 11.2. The van der Waals surface area contributed by atoms with Gasteiger partial charge < -0.3 is 19.7 Å². The van der Waals surface area contributed by atoms with Crippen molar-refractivity contribution in [2.24, 2.45) is 0 Å². The normalized spacial score (nSPS) is 14.8. The Balaban J connectivity index is 1.51. The Morgan fingerprint density at radius 1 is 0.975 bits per heavy atom. The zero-order valence-electron chi connectivity index (χ0n) is 22.2. The smallest absolute Gasteiger partial charge is 0.261 e. The largest absolute Gasteiger partial charge is 0.484 e. The van der Waals surface area contributed by atoms with Gasteiger partial charge in [0.15, 0.2) is 6.61 Å². The van der Waals surface area contributed by atoms with Crippen molar-refractivity contribution < 1.29 is 31.9 Å². The first-order chi connectivity index (χ1) is 19.3. The van der Waals surface area contributed by atoms with Crippen molar-refractivity contribution in [1.29, 1.82) is 0 Å². The van der Waals surface area contributed by atoms with Crippen LogP contribution in [-0.4, -0.2) is 75.4 Å². The number of carbonyl (C=O) groups is 2. The Bertz CT molecular complexity index is 1380. The van der Waals surface area contributed by atoms with E-state index in [1.165, 1.54) is 52.7 Å². The zero-order valence-corrected chi connectivity index (χ0v) is 23.0. The summed E-state index contributed by atoms with van der Waals surface area (Å²) in [6.07, 6.45) is 0.265. The van der Waals surface area contributed by atoms with Crippen LogP contribution in [0.1, 0.15) is 11.1 Å². The van der Waals surface area contributed by atoms with Gasteiger partial charge in [-0.15, -0.1) is 0 Å². The van der Waals surface area contributed by atoms with Gasteiger partial charge in [-0.25, -0.2) is 12.8 Å². The molecule has 212 valence electrons. The van der Waals surface area contributed by atoms with E-state index >= 15 is 0 Å². The fraction of sp³-hybridized carbons (Fsp3) is 0.310. The number of hydrogen-bond acceptors (Lipinski definition) is 6. The number of ether oxygens (including phenoxy) is 2. The third-order valence-corrected chi connectivity index (χ3v) is 8.49. The maximum absolute atomic E-state index is 13.5. The Morgan fingerprint density at radius 2 is 1.62 bits per heavy atom. The van der Waals surface area contributed by atoms with Crippen LogP contribution < -0.4 is 10.1 Å². The van der Waals surface area contributed by atoms with Crippen molar-refractivity contribution in [2.45, 2.75) is 23.9 Å². The fourth-order valence-electron chi connectivity index (χ4n) is 4.38. The van der Waals surface area contributed by atoms with Crippen molar-refractivity contribution in [3.8, 4) is 5.75 Å². The van der Waals surface area contributed by atoms with E-state index in [2.05, 4.69) is 5.32 Å². The molecule has 0 unspecified atom stereocenters. The number of hydrogen-bond donors (Lipinski definition) is 1. The van der Waals surface area contributed by atoms with Crippen LogP contribution in [0.2, 0.25) is 0 Å². The molecule has 9 nitrogen and oxygen atoms in total. The van der Waals surface area contributed by atoms with Crippen LogP contribution in [-0.2, 0) is 37.3 Å². The summed E-state index contributed by atoms with van der Waals surface area (Å²) in [6, 6.07) is 20.0. The lowest BCUT2D eigenvalue weighted by Gasteiger charge is -2.31. The first kappa shape index (κ1) is 29.2. The molecule has 1 aliphatic heterocycles. The summed E-state index contributed by atoms with van der Waals surface area (Å²) in [6.45, 7) is 0.933. The van der Waals surface area contributed by atoms with E-state index < -0.39 is 27.8 Å². The maximum atomic E-state index is 13.5. The number of nitrogens with zero attached hydrogens (tertiary/aromatic N) is 2. The Hall–Kier alpha value is -3.80. The summed E-state index contributed by atoms with van der Waals surface area (Å²) in [5.74, 6) is -0.914. The Morgan fingerprint density at radius 3 is 2.25 bits per heavy atom. The third kappa shape index (κ3) is 7.44. The average molecular weight is 570 g/mol. The van der Waals surface area contributed by atoms with E-state index in [9.17, 15) is 22.4 Å². The number of rotatable bonds is 11. The molecule has 0 aromatic heterocycles. The number of morpholine rings is 1. The van der Waals surface area contributed by atoms with Gasteiger partial charge in [0, 0.05) is 33.1 Å². The molecule has 1 fully saturated rings. The van der Waals surface area contributed by atoms with Gasteiger partial charge >= 0.3 is 0 Å². The van der Waals surface area contributed by atoms with Gasteiger partial charge in [-0.3, -0.25) is 9.59 Å². The van der Waals surface area contributed by atoms with Crippen LogP contribution in [0.4, 0.5) is 4.39 Å². The van der Waals surface area contributed by atoms with Crippen LogP contribution in [0, 0.1) is 5.82 Å². The molecule has 4 rings (SSSR count). The summed E-state index contributed by atoms with van der Waals surface area (Å²) in [4.78, 5) is 28.0. The molecular weight excluding hydrogens is 537 g/mol. The lowest BCUT2D eigenvalue weighted by Crippen LogP contribution is -2.51. The summed E-state index contributed by atoms with van der Waals surface area (Å²) < 4.78 is 51.6. The summed E-state index contributed by atoms with van der Waals surface area (Å²) >= 11 is 0. The molecule has 40 heavy (non-hydrogen) atoms. The zero-order chi connectivity index (χ0) is 28.5. The van der Waals surface area contributed by atoms with Crippen molar-refractivity contribution in [2.75, 3.05) is 40.0 Å². The van der Waals surface area contributed by atoms with Crippen molar-refractivity contribution in [3.63, 3.8) is 0 Å². The van der Waals surface area contributed by atoms with Gasteiger partial charge in [0.1, 0.15) is 17.6 Å². The fourth-order valence-corrected chi connectivity index (χ4v) is 5.79. The molecule has 1 aliphatic rings. The van der Waals surface area contributed by atoms with E-state index in [0.717, 1.165) is 5.56 Å². The van der Waals surface area contributed by atoms with Gasteiger partial charge in [0.25, 0.3) is 5.91 Å². The number of likely N-dealkylation sites (N-methyl/N-ethyl adjacent to an activating group) is 1. The van der Waals surface area contributed by atoms with Crippen LogP contribution in [0.5, 0.6) is 5.75 Å². The topological polar surface area (TPSA) is 105 Å². The van der Waals surface area contributed by atoms with E-state index in [-0.39, 0.29) is 43.5 Å². The van der Waals surface area contributed by atoms with E-state index in [4.69, 9.17) is 9.47 Å². The molecule has 0 bridgehead atoms. The molecule has 11 heteroatoms. The van der Waals surface area contributed by atoms with Crippen molar-refractivity contribution in [3.05, 3.63) is 95.8 Å². The van der Waals surface area contributed by atoms with Crippen molar-refractivity contribution >= 4 is 21.8 Å². The maximum Gasteiger partial charge on any atom is 0.261 e. The Labute approximate surface area is 233 Å². The predicted molar refractivity (Wildman–Crippen MR) is 146 cm³/mol. The molecule has 0 spiro atoms. The standard InChI is InChI=1S/C29H32FN3O6S/c1-31-29(35)27(19-22-5-3-2-4-6-22)33(20-23-7-9-24(30)10-8-23)28(34)21-39-25-11-13-26(14-12-25)40(36,37)32-15-17-38-18-16-32/h2-14,27H,15-21H2,1H3,(H,31,35)/t27-/m1/s1.